The van der Waals surface area contributed by atoms with Crippen LogP contribution in [0.4, 0.5) is 11.4 Å². The Bertz CT molecular complexity index is 1190. The fourth-order valence-corrected chi connectivity index (χ4v) is 2.84. The summed E-state index contributed by atoms with van der Waals surface area (Å²) in [6.07, 6.45) is 1.38. The second-order valence-electron chi connectivity index (χ2n) is 7.07. The molecule has 3 aromatic rings. The van der Waals surface area contributed by atoms with Crippen molar-refractivity contribution < 1.29 is 23.9 Å². The Hall–Kier alpha value is -4.66. The van der Waals surface area contributed by atoms with Crippen molar-refractivity contribution in [2.75, 3.05) is 24.4 Å². The van der Waals surface area contributed by atoms with Gasteiger partial charge in [-0.3, -0.25) is 14.4 Å². The molecule has 0 saturated heterocycles. The Morgan fingerprint density at radius 3 is 2.24 bits per heavy atom. The molecule has 0 aromatic heterocycles. The quantitative estimate of drug-likeness (QED) is 0.271. The first-order chi connectivity index (χ1) is 16.5. The maximum Gasteiger partial charge on any atom is 0.329 e. The molecule has 0 atom stereocenters. The lowest BCUT2D eigenvalue weighted by atomic mass is 10.2. The second-order valence-corrected chi connectivity index (χ2v) is 7.07. The largest absolute Gasteiger partial charge is 0.495 e. The summed E-state index contributed by atoms with van der Waals surface area (Å²) in [7, 11) is 1.46. The number of hydrogen-bond acceptors (Lipinski definition) is 6. The molecule has 0 aliphatic rings. The number of ether oxygens (including phenoxy) is 2. The molecule has 0 saturated carbocycles. The highest BCUT2D eigenvalue weighted by molar-refractivity contribution is 6.39. The Morgan fingerprint density at radius 1 is 0.853 bits per heavy atom. The van der Waals surface area contributed by atoms with Crippen LogP contribution >= 0.6 is 0 Å². The Morgan fingerprint density at radius 2 is 1.53 bits per heavy atom. The Labute approximate surface area is 196 Å². The minimum Gasteiger partial charge on any atom is -0.495 e. The summed E-state index contributed by atoms with van der Waals surface area (Å²) in [5.74, 6) is -1.15. The van der Waals surface area contributed by atoms with E-state index < -0.39 is 11.8 Å². The highest BCUT2D eigenvalue weighted by atomic mass is 16.5. The number of carbonyl (C=O) groups excluding carboxylic acids is 3. The number of nitrogens with zero attached hydrogens (tertiary/aromatic N) is 1. The van der Waals surface area contributed by atoms with Gasteiger partial charge in [0.1, 0.15) is 11.5 Å². The van der Waals surface area contributed by atoms with Crippen LogP contribution in [0.2, 0.25) is 0 Å². The Kier molecular flexibility index (Phi) is 8.34. The molecule has 0 aliphatic heterocycles. The van der Waals surface area contributed by atoms with Crippen LogP contribution in [0.1, 0.15) is 11.1 Å². The number of aryl methyl sites for hydroxylation is 1. The van der Waals surface area contributed by atoms with Crippen molar-refractivity contribution in [2.24, 2.45) is 5.10 Å². The third-order valence-electron chi connectivity index (χ3n) is 4.61. The highest BCUT2D eigenvalue weighted by Crippen LogP contribution is 2.22. The Balaban J connectivity index is 1.45. The molecule has 3 aromatic carbocycles. The predicted octanol–water partition coefficient (Wildman–Crippen LogP) is 3.11. The number of hydrazone groups is 1. The van der Waals surface area contributed by atoms with Crippen LogP contribution in [0, 0.1) is 6.92 Å². The third kappa shape index (κ3) is 6.92. The van der Waals surface area contributed by atoms with Crippen LogP contribution in [0.15, 0.2) is 77.9 Å². The molecule has 3 N–H and O–H groups in total. The van der Waals surface area contributed by atoms with E-state index in [1.54, 1.807) is 48.5 Å². The number of hydrogen-bond donors (Lipinski definition) is 3. The van der Waals surface area contributed by atoms with E-state index in [4.69, 9.17) is 9.47 Å². The highest BCUT2D eigenvalue weighted by Gasteiger charge is 2.14. The topological polar surface area (TPSA) is 118 Å². The van der Waals surface area contributed by atoms with Crippen molar-refractivity contribution in [1.82, 2.24) is 5.43 Å². The molecule has 0 bridgehead atoms. The van der Waals surface area contributed by atoms with E-state index in [9.17, 15) is 14.4 Å². The summed E-state index contributed by atoms with van der Waals surface area (Å²) in [5, 5.41) is 9.04. The van der Waals surface area contributed by atoms with Crippen molar-refractivity contribution >= 4 is 35.3 Å². The maximum absolute atomic E-state index is 12.1. The van der Waals surface area contributed by atoms with Crippen molar-refractivity contribution in [1.29, 1.82) is 0 Å². The molecule has 3 rings (SSSR count). The molecule has 0 unspecified atom stereocenters. The van der Waals surface area contributed by atoms with E-state index in [0.29, 0.717) is 22.7 Å². The number of methoxy groups -OCH3 is 1. The predicted molar refractivity (Wildman–Crippen MR) is 129 cm³/mol. The third-order valence-corrected chi connectivity index (χ3v) is 4.61. The fourth-order valence-electron chi connectivity index (χ4n) is 2.84. The van der Waals surface area contributed by atoms with Crippen LogP contribution in [0.25, 0.3) is 0 Å². The van der Waals surface area contributed by atoms with E-state index >= 15 is 0 Å². The van der Waals surface area contributed by atoms with Gasteiger partial charge >= 0.3 is 11.8 Å². The zero-order valence-electron chi connectivity index (χ0n) is 18.7. The molecule has 9 heteroatoms. The lowest BCUT2D eigenvalue weighted by Crippen LogP contribution is -2.32. The fraction of sp³-hybridized carbons (Fsp3) is 0.120. The average molecular weight is 460 g/mol. The van der Waals surface area contributed by atoms with Gasteiger partial charge in [0, 0.05) is 5.69 Å². The number of carbonyl (C=O) groups is 3. The summed E-state index contributed by atoms with van der Waals surface area (Å²) >= 11 is 0. The van der Waals surface area contributed by atoms with E-state index in [1.165, 1.54) is 13.3 Å². The van der Waals surface area contributed by atoms with Crippen molar-refractivity contribution in [2.45, 2.75) is 6.92 Å². The van der Waals surface area contributed by atoms with Crippen LogP contribution in [0.5, 0.6) is 11.5 Å². The first-order valence-corrected chi connectivity index (χ1v) is 10.3. The normalized spacial score (nSPS) is 10.4. The molecule has 3 amide bonds. The maximum atomic E-state index is 12.1. The smallest absolute Gasteiger partial charge is 0.329 e. The van der Waals surface area contributed by atoms with Crippen LogP contribution in [-0.2, 0) is 14.4 Å². The van der Waals surface area contributed by atoms with Crippen molar-refractivity contribution in [3.05, 3.63) is 83.9 Å². The SMILES string of the molecule is COc1ccccc1NC(=O)C(=O)N/N=C\c1ccc(OCC(=O)Nc2ccccc2C)cc1. The number of amides is 3. The first-order valence-electron chi connectivity index (χ1n) is 10.3. The van der Waals surface area contributed by atoms with Gasteiger partial charge < -0.3 is 20.1 Å². The molecule has 0 radical (unpaired) electrons. The van der Waals surface area contributed by atoms with Crippen molar-refractivity contribution in [3.63, 3.8) is 0 Å². The number of nitrogens with one attached hydrogen (secondary N) is 3. The molecule has 174 valence electrons. The van der Waals surface area contributed by atoms with Gasteiger partial charge in [-0.2, -0.15) is 5.10 Å². The van der Waals surface area contributed by atoms with E-state index in [-0.39, 0.29) is 12.5 Å². The molecular formula is C25H24N4O5. The van der Waals surface area contributed by atoms with Gasteiger partial charge in [0.15, 0.2) is 6.61 Å². The van der Waals surface area contributed by atoms with E-state index in [1.807, 2.05) is 31.2 Å². The van der Waals surface area contributed by atoms with Gasteiger partial charge in [-0.1, -0.05) is 30.3 Å². The average Bonchev–Trinajstić information content (AvgIpc) is 2.85. The van der Waals surface area contributed by atoms with Gasteiger partial charge in [0.05, 0.1) is 19.0 Å². The monoisotopic (exact) mass is 460 g/mol. The van der Waals surface area contributed by atoms with Gasteiger partial charge in [-0.25, -0.2) is 5.43 Å². The summed E-state index contributed by atoms with van der Waals surface area (Å²) in [6.45, 7) is 1.77. The number of para-hydroxylation sites is 3. The molecular weight excluding hydrogens is 436 g/mol. The number of anilines is 2. The second kappa shape index (κ2) is 11.8. The summed E-state index contributed by atoms with van der Waals surface area (Å²) in [5.41, 5.74) is 4.89. The molecule has 9 nitrogen and oxygen atoms in total. The minimum atomic E-state index is -0.929. The first kappa shape index (κ1) is 24.0. The van der Waals surface area contributed by atoms with E-state index in [2.05, 4.69) is 21.2 Å². The molecule has 0 aliphatic carbocycles. The van der Waals surface area contributed by atoms with E-state index in [0.717, 1.165) is 11.3 Å². The lowest BCUT2D eigenvalue weighted by Gasteiger charge is -2.09. The minimum absolute atomic E-state index is 0.140. The summed E-state index contributed by atoms with van der Waals surface area (Å²) in [6, 6.07) is 20.9. The van der Waals surface area contributed by atoms with Gasteiger partial charge in [0.2, 0.25) is 0 Å². The number of benzene rings is 3. The summed E-state index contributed by atoms with van der Waals surface area (Å²) in [4.78, 5) is 36.1. The van der Waals surface area contributed by atoms with Gasteiger partial charge in [-0.15, -0.1) is 0 Å². The molecule has 0 heterocycles. The van der Waals surface area contributed by atoms with Gasteiger partial charge in [-0.05, 0) is 60.5 Å². The lowest BCUT2D eigenvalue weighted by molar-refractivity contribution is -0.136. The molecule has 0 spiro atoms. The van der Waals surface area contributed by atoms with Crippen LogP contribution < -0.4 is 25.5 Å². The number of rotatable bonds is 8. The van der Waals surface area contributed by atoms with Crippen molar-refractivity contribution in [3.8, 4) is 11.5 Å². The van der Waals surface area contributed by atoms with Crippen LogP contribution in [0.3, 0.4) is 0 Å². The van der Waals surface area contributed by atoms with Gasteiger partial charge in [0.25, 0.3) is 5.91 Å². The zero-order chi connectivity index (χ0) is 24.3. The van der Waals surface area contributed by atoms with Crippen LogP contribution in [-0.4, -0.2) is 37.7 Å². The molecule has 34 heavy (non-hydrogen) atoms. The standard InChI is InChI=1S/C25H24N4O5/c1-17-7-3-4-8-20(17)27-23(30)16-34-19-13-11-18(12-14-19)15-26-29-25(32)24(31)28-21-9-5-6-10-22(21)33-2/h3-15H,16H2,1-2H3,(H,27,30)(H,28,31)(H,29,32)/b26-15-. The zero-order valence-corrected chi connectivity index (χ0v) is 18.7. The summed E-state index contributed by atoms with van der Waals surface area (Å²) < 4.78 is 10.6. The molecule has 0 fully saturated rings.